The molecule has 0 spiro atoms. The number of aromatic nitrogens is 1. The number of nitrogens with zero attached hydrogens (tertiary/aromatic N) is 2. The lowest BCUT2D eigenvalue weighted by molar-refractivity contribution is 0.0460. The van der Waals surface area contributed by atoms with Crippen LogP contribution < -0.4 is 4.74 Å². The fourth-order valence-electron chi connectivity index (χ4n) is 3.57. The van der Waals surface area contributed by atoms with Gasteiger partial charge in [0.15, 0.2) is 5.76 Å². The average Bonchev–Trinajstić information content (AvgIpc) is 3.43. The summed E-state index contributed by atoms with van der Waals surface area (Å²) < 4.78 is 43.7. The number of esters is 1. The highest BCUT2D eigenvalue weighted by molar-refractivity contribution is 7.89. The molecule has 0 atom stereocenters. The number of sulfonamides is 1. The van der Waals surface area contributed by atoms with Crippen LogP contribution in [0.5, 0.6) is 5.75 Å². The van der Waals surface area contributed by atoms with E-state index in [1.54, 1.807) is 6.07 Å². The smallest absolute Gasteiger partial charge is 0.342 e. The first-order chi connectivity index (χ1) is 15.5. The minimum absolute atomic E-state index is 0.0466. The second-order valence-electron chi connectivity index (χ2n) is 7.42. The molecule has 0 aliphatic carbocycles. The number of hydrogen-bond donors (Lipinski definition) is 0. The van der Waals surface area contributed by atoms with E-state index in [2.05, 4.69) is 5.16 Å². The summed E-state index contributed by atoms with van der Waals surface area (Å²) in [6.45, 7) is 0.847. The quantitative estimate of drug-likeness (QED) is 0.468. The van der Waals surface area contributed by atoms with Crippen molar-refractivity contribution in [1.29, 1.82) is 0 Å². The van der Waals surface area contributed by atoms with E-state index in [1.807, 2.05) is 17.5 Å². The summed E-state index contributed by atoms with van der Waals surface area (Å²) in [6.07, 6.45) is 3.69. The predicted molar refractivity (Wildman–Crippen MR) is 119 cm³/mol. The molecule has 3 aromatic rings. The van der Waals surface area contributed by atoms with Gasteiger partial charge in [-0.2, -0.15) is 4.31 Å². The molecule has 0 saturated carbocycles. The summed E-state index contributed by atoms with van der Waals surface area (Å²) in [4.78, 5) is 13.7. The van der Waals surface area contributed by atoms with E-state index >= 15 is 0 Å². The number of rotatable bonds is 7. The molecule has 0 N–H and O–H groups in total. The molecule has 8 nitrogen and oxygen atoms in total. The Balaban J connectivity index is 1.51. The highest BCUT2D eigenvalue weighted by Crippen LogP contribution is 2.28. The number of methoxy groups -OCH3 is 1. The molecule has 0 radical (unpaired) electrons. The van der Waals surface area contributed by atoms with Gasteiger partial charge in [0, 0.05) is 19.2 Å². The third-order valence-electron chi connectivity index (χ3n) is 5.27. The van der Waals surface area contributed by atoms with Crippen LogP contribution >= 0.6 is 11.3 Å². The molecule has 4 rings (SSSR count). The van der Waals surface area contributed by atoms with E-state index in [0.29, 0.717) is 24.5 Å². The first kappa shape index (κ1) is 22.5. The van der Waals surface area contributed by atoms with Crippen molar-refractivity contribution in [2.24, 2.45) is 0 Å². The molecule has 1 aliphatic heterocycles. The molecule has 1 aromatic carbocycles. The third-order valence-corrected chi connectivity index (χ3v) is 8.05. The van der Waals surface area contributed by atoms with E-state index < -0.39 is 16.0 Å². The van der Waals surface area contributed by atoms with Crippen LogP contribution in [0.2, 0.25) is 0 Å². The number of thiophene rings is 1. The Hall–Kier alpha value is -2.69. The van der Waals surface area contributed by atoms with Crippen LogP contribution in [-0.2, 0) is 21.4 Å². The maximum Gasteiger partial charge on any atom is 0.342 e. The molecule has 10 heteroatoms. The highest BCUT2D eigenvalue weighted by Gasteiger charge is 2.27. The molecular formula is C22H24N2O6S2. The van der Waals surface area contributed by atoms with Gasteiger partial charge in [0.05, 0.1) is 16.9 Å². The van der Waals surface area contributed by atoms with Crippen LogP contribution in [0.25, 0.3) is 10.6 Å². The van der Waals surface area contributed by atoms with Crippen molar-refractivity contribution >= 4 is 27.3 Å². The number of benzene rings is 1. The normalized spacial score (nSPS) is 15.3. The highest BCUT2D eigenvalue weighted by atomic mass is 32.2. The zero-order valence-electron chi connectivity index (χ0n) is 17.7. The number of ether oxygens (including phenoxy) is 2. The Morgan fingerprint density at radius 3 is 2.62 bits per heavy atom. The first-order valence-corrected chi connectivity index (χ1v) is 12.7. The monoisotopic (exact) mass is 476 g/mol. The van der Waals surface area contributed by atoms with E-state index in [1.165, 1.54) is 41.0 Å². The van der Waals surface area contributed by atoms with Crippen molar-refractivity contribution in [3.8, 4) is 16.4 Å². The molecule has 1 fully saturated rings. The Kier molecular flexibility index (Phi) is 6.92. The van der Waals surface area contributed by atoms with Gasteiger partial charge < -0.3 is 14.0 Å². The number of carbonyl (C=O) groups excluding carboxylic acids is 1. The van der Waals surface area contributed by atoms with Gasteiger partial charge in [-0.25, -0.2) is 13.2 Å². The molecule has 0 amide bonds. The summed E-state index contributed by atoms with van der Waals surface area (Å²) in [7, 11) is -2.29. The zero-order chi connectivity index (χ0) is 22.6. The fourth-order valence-corrected chi connectivity index (χ4v) is 5.79. The standard InChI is InChI=1S/C22H24N2O6S2/c1-28-19-9-8-17(32(26,27)24-10-4-2-3-5-11-24)14-18(19)22(25)29-15-16-13-20(30-23-16)21-7-6-12-31-21/h6-9,12-14H,2-5,10-11,15H2,1H3. The van der Waals surface area contributed by atoms with E-state index in [4.69, 9.17) is 14.0 Å². The third kappa shape index (κ3) is 4.87. The van der Waals surface area contributed by atoms with Crippen LogP contribution in [0.15, 0.2) is 51.2 Å². The van der Waals surface area contributed by atoms with Crippen LogP contribution in [0.4, 0.5) is 0 Å². The maximum absolute atomic E-state index is 13.1. The molecule has 2 aromatic heterocycles. The summed E-state index contributed by atoms with van der Waals surface area (Å²) in [5, 5.41) is 5.85. The molecule has 32 heavy (non-hydrogen) atoms. The summed E-state index contributed by atoms with van der Waals surface area (Å²) in [5.41, 5.74) is 0.499. The van der Waals surface area contributed by atoms with Crippen LogP contribution in [0.1, 0.15) is 41.7 Å². The van der Waals surface area contributed by atoms with Crippen molar-refractivity contribution in [1.82, 2.24) is 9.46 Å². The molecular weight excluding hydrogens is 452 g/mol. The Morgan fingerprint density at radius 1 is 1.16 bits per heavy atom. The maximum atomic E-state index is 13.1. The van der Waals surface area contributed by atoms with Crippen molar-refractivity contribution in [2.75, 3.05) is 20.2 Å². The molecule has 3 heterocycles. The Morgan fingerprint density at radius 2 is 1.94 bits per heavy atom. The van der Waals surface area contributed by atoms with Crippen LogP contribution in [0, 0.1) is 0 Å². The minimum atomic E-state index is -3.71. The second-order valence-corrected chi connectivity index (χ2v) is 10.3. The van der Waals surface area contributed by atoms with Crippen molar-refractivity contribution in [3.05, 3.63) is 53.0 Å². The molecule has 0 unspecified atom stereocenters. The molecule has 0 bridgehead atoms. The minimum Gasteiger partial charge on any atom is -0.496 e. The molecule has 170 valence electrons. The van der Waals surface area contributed by atoms with Crippen LogP contribution in [-0.4, -0.2) is 44.0 Å². The summed E-state index contributed by atoms with van der Waals surface area (Å²) in [6, 6.07) is 9.77. The second kappa shape index (κ2) is 9.85. The van der Waals surface area contributed by atoms with Gasteiger partial charge in [0.25, 0.3) is 0 Å². The van der Waals surface area contributed by atoms with E-state index in [-0.39, 0.29) is 22.8 Å². The van der Waals surface area contributed by atoms with Gasteiger partial charge in [-0.05, 0) is 42.5 Å². The van der Waals surface area contributed by atoms with Gasteiger partial charge in [0.1, 0.15) is 23.6 Å². The Bertz CT molecular complexity index is 1160. The average molecular weight is 477 g/mol. The lowest BCUT2D eigenvalue weighted by atomic mass is 10.2. The number of hydrogen-bond acceptors (Lipinski definition) is 8. The Labute approximate surface area is 190 Å². The van der Waals surface area contributed by atoms with Crippen molar-refractivity contribution in [2.45, 2.75) is 37.2 Å². The largest absolute Gasteiger partial charge is 0.496 e. The first-order valence-electron chi connectivity index (χ1n) is 10.3. The lowest BCUT2D eigenvalue weighted by Gasteiger charge is -2.20. The van der Waals surface area contributed by atoms with Gasteiger partial charge in [-0.15, -0.1) is 11.3 Å². The van der Waals surface area contributed by atoms with Crippen molar-refractivity contribution in [3.63, 3.8) is 0 Å². The van der Waals surface area contributed by atoms with Crippen molar-refractivity contribution < 1.29 is 27.2 Å². The van der Waals surface area contributed by atoms with Crippen LogP contribution in [0.3, 0.4) is 0 Å². The summed E-state index contributed by atoms with van der Waals surface area (Å²) >= 11 is 1.51. The van der Waals surface area contributed by atoms with Gasteiger partial charge in [-0.1, -0.05) is 24.1 Å². The lowest BCUT2D eigenvalue weighted by Crippen LogP contribution is -2.32. The van der Waals surface area contributed by atoms with E-state index in [9.17, 15) is 13.2 Å². The zero-order valence-corrected chi connectivity index (χ0v) is 19.3. The van der Waals surface area contributed by atoms with Gasteiger partial charge in [0.2, 0.25) is 10.0 Å². The molecule has 1 aliphatic rings. The predicted octanol–water partition coefficient (Wildman–Crippen LogP) is 4.33. The van der Waals surface area contributed by atoms with E-state index in [0.717, 1.165) is 30.6 Å². The summed E-state index contributed by atoms with van der Waals surface area (Å²) in [5.74, 6) is 0.133. The van der Waals surface area contributed by atoms with Gasteiger partial charge >= 0.3 is 5.97 Å². The molecule has 1 saturated heterocycles. The topological polar surface area (TPSA) is 98.9 Å². The SMILES string of the molecule is COc1ccc(S(=O)(=O)N2CCCCCC2)cc1C(=O)OCc1cc(-c2cccs2)on1. The van der Waals surface area contributed by atoms with Gasteiger partial charge in [-0.3, -0.25) is 0 Å². The number of carbonyl (C=O) groups is 1. The fraction of sp³-hybridized carbons (Fsp3) is 0.364.